The summed E-state index contributed by atoms with van der Waals surface area (Å²) in [4.78, 5) is 10.2. The van der Waals surface area contributed by atoms with Crippen LogP contribution >= 0.6 is 0 Å². The second-order valence-electron chi connectivity index (χ2n) is 2.12. The lowest BCUT2D eigenvalue weighted by Crippen LogP contribution is -1.78. The molecule has 1 aliphatic heterocycles. The summed E-state index contributed by atoms with van der Waals surface area (Å²) in [5, 5.41) is 0. The molecule has 0 unspecified atom stereocenters. The Morgan fingerprint density at radius 3 is 2.70 bits per heavy atom. The van der Waals surface area contributed by atoms with Crippen LogP contribution in [-0.2, 0) is 6.42 Å². The second kappa shape index (κ2) is 1.62. The molecule has 2 rings (SSSR count). The van der Waals surface area contributed by atoms with Gasteiger partial charge in [-0.15, -0.1) is 0 Å². The Balaban J connectivity index is 2.49. The first-order chi connectivity index (χ1) is 4.86. The summed E-state index contributed by atoms with van der Waals surface area (Å²) in [5.41, 5.74) is 0. The molecule has 0 saturated carbocycles. The number of ether oxygens (including phenoxy) is 1. The van der Waals surface area contributed by atoms with Crippen molar-refractivity contribution in [2.24, 2.45) is 0 Å². The van der Waals surface area contributed by atoms with Crippen molar-refractivity contribution in [2.75, 3.05) is 0 Å². The highest BCUT2D eigenvalue weighted by atomic mass is 16.6. The van der Waals surface area contributed by atoms with Crippen molar-refractivity contribution in [2.45, 2.75) is 13.3 Å². The summed E-state index contributed by atoms with van der Waals surface area (Å²) in [5.74, 6) is 2.50. The minimum absolute atomic E-state index is 0.326. The molecule has 0 amide bonds. The molecule has 1 aromatic heterocycles. The van der Waals surface area contributed by atoms with Crippen LogP contribution in [0, 0.1) is 0 Å². The Hall–Kier alpha value is -1.25. The quantitative estimate of drug-likeness (QED) is 0.469. The van der Waals surface area contributed by atoms with Gasteiger partial charge in [-0.3, -0.25) is 4.79 Å². The molecule has 2 heterocycles. The lowest BCUT2D eigenvalue weighted by Gasteiger charge is -1.87. The fraction of sp³-hybridized carbons (Fsp3) is 0.286. The van der Waals surface area contributed by atoms with E-state index in [1.165, 1.54) is 0 Å². The Bertz CT molecular complexity index is 285. The lowest BCUT2D eigenvalue weighted by molar-refractivity contribution is 0.109. The van der Waals surface area contributed by atoms with E-state index in [1.54, 1.807) is 0 Å². The Labute approximate surface area is 57.6 Å². The number of aldehydes is 1. The van der Waals surface area contributed by atoms with Gasteiger partial charge in [-0.1, -0.05) is 6.92 Å². The van der Waals surface area contributed by atoms with Gasteiger partial charge in [-0.25, -0.2) is 0 Å². The van der Waals surface area contributed by atoms with E-state index in [1.807, 2.05) is 6.92 Å². The van der Waals surface area contributed by atoms with Crippen molar-refractivity contribution in [3.8, 4) is 11.5 Å². The fourth-order valence-corrected chi connectivity index (χ4v) is 0.958. The topological polar surface area (TPSA) is 42.7 Å². The van der Waals surface area contributed by atoms with Gasteiger partial charge in [0.15, 0.2) is 12.0 Å². The molecule has 0 radical (unpaired) electrons. The molecule has 3 nitrogen and oxygen atoms in total. The maximum Gasteiger partial charge on any atom is 0.219 e. The van der Waals surface area contributed by atoms with E-state index in [2.05, 4.69) is 0 Å². The molecule has 10 heavy (non-hydrogen) atoms. The first-order valence-electron chi connectivity index (χ1n) is 3.15. The van der Waals surface area contributed by atoms with Crippen molar-refractivity contribution < 1.29 is 13.9 Å². The number of carbonyl (C=O) groups excluding carboxylic acids is 1. The fourth-order valence-electron chi connectivity index (χ4n) is 0.958. The lowest BCUT2D eigenvalue weighted by atomic mass is 10.4. The first-order valence-corrected chi connectivity index (χ1v) is 3.15. The van der Waals surface area contributed by atoms with E-state index in [0.717, 1.165) is 17.9 Å². The van der Waals surface area contributed by atoms with E-state index < -0.39 is 0 Å². The average molecular weight is 138 g/mol. The normalized spacial score (nSPS) is 12.1. The van der Waals surface area contributed by atoms with Crippen molar-refractivity contribution >= 4 is 6.29 Å². The Morgan fingerprint density at radius 1 is 1.50 bits per heavy atom. The maximum absolute atomic E-state index is 10.2. The highest BCUT2D eigenvalue weighted by Gasteiger charge is 2.34. The third-order valence-electron chi connectivity index (χ3n) is 1.51. The molecule has 0 fully saturated rings. The van der Waals surface area contributed by atoms with Crippen LogP contribution in [0.1, 0.15) is 23.2 Å². The number of hydrogen-bond donors (Lipinski definition) is 0. The average Bonchev–Trinajstić information content (AvgIpc) is 2.67. The van der Waals surface area contributed by atoms with Crippen LogP contribution in [0.5, 0.6) is 11.5 Å². The molecule has 0 N–H and O–H groups in total. The smallest absolute Gasteiger partial charge is 0.219 e. The zero-order chi connectivity index (χ0) is 7.14. The molecule has 0 saturated heterocycles. The van der Waals surface area contributed by atoms with Crippen LogP contribution in [-0.4, -0.2) is 6.29 Å². The standard InChI is InChI=1S/C7H6O3/c1-2-4-6-7(10-6)5(3-8)9-4/h3H,2H2,1H3. The molecule has 1 aliphatic rings. The van der Waals surface area contributed by atoms with Crippen LogP contribution in [0.4, 0.5) is 0 Å². The molecule has 0 atom stereocenters. The van der Waals surface area contributed by atoms with Crippen molar-refractivity contribution in [1.29, 1.82) is 0 Å². The van der Waals surface area contributed by atoms with E-state index in [4.69, 9.17) is 9.15 Å². The molecular weight excluding hydrogens is 132 g/mol. The van der Waals surface area contributed by atoms with E-state index >= 15 is 0 Å². The molecule has 0 aromatic carbocycles. The molecule has 0 spiro atoms. The first kappa shape index (κ1) is 5.53. The third-order valence-corrected chi connectivity index (χ3v) is 1.51. The van der Waals surface area contributed by atoms with Crippen LogP contribution in [0.2, 0.25) is 0 Å². The summed E-state index contributed by atoms with van der Waals surface area (Å²) >= 11 is 0. The largest absolute Gasteiger partial charge is 0.450 e. The summed E-state index contributed by atoms with van der Waals surface area (Å²) in [6.45, 7) is 1.95. The zero-order valence-electron chi connectivity index (χ0n) is 5.51. The second-order valence-corrected chi connectivity index (χ2v) is 2.12. The number of aryl methyl sites for hydroxylation is 1. The molecule has 0 aliphatic carbocycles. The van der Waals surface area contributed by atoms with E-state index in [9.17, 15) is 4.79 Å². The van der Waals surface area contributed by atoms with Crippen molar-refractivity contribution in [3.05, 3.63) is 11.5 Å². The summed E-state index contributed by atoms with van der Waals surface area (Å²) < 4.78 is 10.1. The van der Waals surface area contributed by atoms with Crippen LogP contribution in [0.3, 0.4) is 0 Å². The highest BCUT2D eigenvalue weighted by Crippen LogP contribution is 2.52. The van der Waals surface area contributed by atoms with Crippen molar-refractivity contribution in [1.82, 2.24) is 0 Å². The van der Waals surface area contributed by atoms with Gasteiger partial charge < -0.3 is 9.15 Å². The summed E-state index contributed by atoms with van der Waals surface area (Å²) in [7, 11) is 0. The predicted octanol–water partition coefficient (Wildman–Crippen LogP) is 1.76. The number of furan rings is 1. The van der Waals surface area contributed by atoms with Gasteiger partial charge in [0.1, 0.15) is 0 Å². The zero-order valence-corrected chi connectivity index (χ0v) is 5.51. The number of fused-ring (bicyclic) bond motifs is 1. The summed E-state index contributed by atoms with van der Waals surface area (Å²) in [6, 6.07) is 0. The summed E-state index contributed by atoms with van der Waals surface area (Å²) in [6.07, 6.45) is 1.45. The SMILES string of the molecule is CCc1oc(C=O)c2c1O2. The van der Waals surface area contributed by atoms with Crippen LogP contribution in [0.15, 0.2) is 4.42 Å². The highest BCUT2D eigenvalue weighted by molar-refractivity contribution is 5.82. The van der Waals surface area contributed by atoms with Gasteiger partial charge in [0, 0.05) is 6.42 Å². The van der Waals surface area contributed by atoms with Crippen molar-refractivity contribution in [3.63, 3.8) is 0 Å². The molecule has 1 aromatic rings. The molecule has 0 bridgehead atoms. The molecule has 52 valence electrons. The monoisotopic (exact) mass is 138 g/mol. The van der Waals surface area contributed by atoms with E-state index in [-0.39, 0.29) is 0 Å². The maximum atomic E-state index is 10.2. The Morgan fingerprint density at radius 2 is 2.30 bits per heavy atom. The molecular formula is C7H6O3. The van der Waals surface area contributed by atoms with Crippen LogP contribution < -0.4 is 4.74 Å². The minimum atomic E-state index is 0.326. The van der Waals surface area contributed by atoms with Gasteiger partial charge in [0.25, 0.3) is 0 Å². The third kappa shape index (κ3) is 0.518. The van der Waals surface area contributed by atoms with E-state index in [0.29, 0.717) is 17.8 Å². The van der Waals surface area contributed by atoms with Gasteiger partial charge in [0.2, 0.25) is 17.3 Å². The van der Waals surface area contributed by atoms with Gasteiger partial charge in [-0.2, -0.15) is 0 Å². The van der Waals surface area contributed by atoms with Gasteiger partial charge >= 0.3 is 0 Å². The van der Waals surface area contributed by atoms with Gasteiger partial charge in [0.05, 0.1) is 0 Å². The number of rotatable bonds is 2. The number of carbonyl (C=O) groups is 1. The molecule has 3 heteroatoms. The predicted molar refractivity (Wildman–Crippen MR) is 33.5 cm³/mol. The minimum Gasteiger partial charge on any atom is -0.450 e. The number of hydrogen-bond acceptors (Lipinski definition) is 3. The van der Waals surface area contributed by atoms with Gasteiger partial charge in [-0.05, 0) is 0 Å². The van der Waals surface area contributed by atoms with Crippen LogP contribution in [0.25, 0.3) is 0 Å². The Kier molecular flexibility index (Phi) is 0.897.